The van der Waals surface area contributed by atoms with E-state index in [0.29, 0.717) is 12.5 Å². The van der Waals surface area contributed by atoms with E-state index in [2.05, 4.69) is 29.3 Å². The van der Waals surface area contributed by atoms with Crippen LogP contribution in [0.5, 0.6) is 0 Å². The van der Waals surface area contributed by atoms with Gasteiger partial charge in [0.15, 0.2) is 0 Å². The average molecular weight is 406 g/mol. The summed E-state index contributed by atoms with van der Waals surface area (Å²) in [5, 5.41) is 3.01. The monoisotopic (exact) mass is 405 g/mol. The van der Waals surface area contributed by atoms with Crippen molar-refractivity contribution >= 4 is 11.8 Å². The van der Waals surface area contributed by atoms with Crippen LogP contribution in [0.3, 0.4) is 0 Å². The number of nitrogens with one attached hydrogen (secondary N) is 1. The first kappa shape index (κ1) is 20.6. The molecule has 0 aliphatic carbocycles. The molecular weight excluding hydrogens is 374 g/mol. The van der Waals surface area contributed by atoms with E-state index in [-0.39, 0.29) is 24.4 Å². The lowest BCUT2D eigenvalue weighted by atomic mass is 9.90. The fourth-order valence-corrected chi connectivity index (χ4v) is 4.52. The number of amides is 2. The van der Waals surface area contributed by atoms with Gasteiger partial charge in [0.05, 0.1) is 6.54 Å². The maximum Gasteiger partial charge on any atom is 0.244 e. The van der Waals surface area contributed by atoms with Crippen LogP contribution in [-0.2, 0) is 22.6 Å². The first-order chi connectivity index (χ1) is 14.6. The molecular formula is C25H31N3O2. The van der Waals surface area contributed by atoms with Gasteiger partial charge >= 0.3 is 0 Å². The van der Waals surface area contributed by atoms with Crippen molar-refractivity contribution in [1.82, 2.24) is 15.1 Å². The largest absolute Gasteiger partial charge is 0.351 e. The van der Waals surface area contributed by atoms with Gasteiger partial charge in [-0.05, 0) is 41.9 Å². The number of nitrogens with zero attached hydrogens (tertiary/aromatic N) is 2. The number of carbonyl (C=O) groups is 2. The lowest BCUT2D eigenvalue weighted by molar-refractivity contribution is -0.140. The Morgan fingerprint density at radius 3 is 2.43 bits per heavy atom. The lowest BCUT2D eigenvalue weighted by Crippen LogP contribution is -2.50. The van der Waals surface area contributed by atoms with E-state index < -0.39 is 0 Å². The maximum absolute atomic E-state index is 13.5. The zero-order valence-corrected chi connectivity index (χ0v) is 17.7. The summed E-state index contributed by atoms with van der Waals surface area (Å²) in [6.45, 7) is 5.34. The predicted octanol–water partition coefficient (Wildman–Crippen LogP) is 3.16. The zero-order valence-electron chi connectivity index (χ0n) is 17.7. The molecule has 2 aliphatic rings. The second kappa shape index (κ2) is 9.43. The molecule has 30 heavy (non-hydrogen) atoms. The van der Waals surface area contributed by atoms with Crippen LogP contribution in [0.2, 0.25) is 0 Å². The molecule has 0 bridgehead atoms. The van der Waals surface area contributed by atoms with Gasteiger partial charge in [-0.1, -0.05) is 61.5 Å². The summed E-state index contributed by atoms with van der Waals surface area (Å²) in [5.41, 5.74) is 3.36. The van der Waals surface area contributed by atoms with Crippen molar-refractivity contribution in [3.05, 3.63) is 71.3 Å². The molecule has 0 radical (unpaired) electrons. The van der Waals surface area contributed by atoms with Crippen molar-refractivity contribution in [2.45, 2.75) is 38.8 Å². The van der Waals surface area contributed by atoms with Crippen LogP contribution in [0.4, 0.5) is 0 Å². The van der Waals surface area contributed by atoms with Crippen molar-refractivity contribution in [2.24, 2.45) is 5.92 Å². The molecule has 2 aliphatic heterocycles. The molecule has 2 heterocycles. The number of hydrogen-bond acceptors (Lipinski definition) is 3. The third-order valence-electron chi connectivity index (χ3n) is 6.39. The van der Waals surface area contributed by atoms with Crippen LogP contribution < -0.4 is 5.32 Å². The summed E-state index contributed by atoms with van der Waals surface area (Å²) in [7, 11) is 0. The Morgan fingerprint density at radius 1 is 0.967 bits per heavy atom. The van der Waals surface area contributed by atoms with E-state index in [1.807, 2.05) is 47.4 Å². The molecule has 1 saturated heterocycles. The zero-order chi connectivity index (χ0) is 20.9. The highest BCUT2D eigenvalue weighted by Gasteiger charge is 2.37. The third kappa shape index (κ3) is 4.73. The number of benzene rings is 2. The minimum atomic E-state index is -0.370. The highest BCUT2D eigenvalue weighted by molar-refractivity contribution is 5.85. The maximum atomic E-state index is 13.5. The first-order valence-electron chi connectivity index (χ1n) is 11.0. The van der Waals surface area contributed by atoms with Crippen LogP contribution in [0.1, 0.15) is 42.5 Å². The number of likely N-dealkylation sites (tertiary alicyclic amines) is 1. The van der Waals surface area contributed by atoms with E-state index in [0.717, 1.165) is 50.0 Å². The molecule has 5 nitrogen and oxygen atoms in total. The highest BCUT2D eigenvalue weighted by atomic mass is 16.2. The summed E-state index contributed by atoms with van der Waals surface area (Å²) in [6.07, 6.45) is 2.97. The Bertz CT molecular complexity index is 875. The van der Waals surface area contributed by atoms with Gasteiger partial charge in [0.1, 0.15) is 6.04 Å². The topological polar surface area (TPSA) is 52.7 Å². The fourth-order valence-electron chi connectivity index (χ4n) is 4.52. The average Bonchev–Trinajstić information content (AvgIpc) is 2.78. The van der Waals surface area contributed by atoms with Crippen LogP contribution in [0.15, 0.2) is 54.6 Å². The molecule has 1 fully saturated rings. The lowest BCUT2D eigenvalue weighted by Gasteiger charge is -2.40. The van der Waals surface area contributed by atoms with E-state index in [1.165, 1.54) is 5.56 Å². The number of hydrogen-bond donors (Lipinski definition) is 1. The molecule has 0 aromatic heterocycles. The van der Waals surface area contributed by atoms with Gasteiger partial charge < -0.3 is 10.2 Å². The van der Waals surface area contributed by atoms with Gasteiger partial charge in [0, 0.05) is 26.2 Å². The van der Waals surface area contributed by atoms with Crippen molar-refractivity contribution < 1.29 is 9.59 Å². The van der Waals surface area contributed by atoms with Gasteiger partial charge in [-0.3, -0.25) is 14.5 Å². The molecule has 2 amide bonds. The van der Waals surface area contributed by atoms with Crippen LogP contribution in [0.25, 0.3) is 0 Å². The van der Waals surface area contributed by atoms with Crippen molar-refractivity contribution in [1.29, 1.82) is 0 Å². The van der Waals surface area contributed by atoms with Crippen LogP contribution in [0, 0.1) is 5.92 Å². The Balaban J connectivity index is 1.48. The highest BCUT2D eigenvalue weighted by Crippen LogP contribution is 2.32. The quantitative estimate of drug-likeness (QED) is 0.831. The molecule has 1 atom stereocenters. The third-order valence-corrected chi connectivity index (χ3v) is 6.39. The van der Waals surface area contributed by atoms with Gasteiger partial charge in [0.2, 0.25) is 11.8 Å². The second-order valence-electron chi connectivity index (χ2n) is 8.59. The van der Waals surface area contributed by atoms with E-state index in [4.69, 9.17) is 0 Å². The number of piperidine rings is 1. The predicted molar refractivity (Wildman–Crippen MR) is 118 cm³/mol. The SMILES string of the molecule is CC1CCN(C(=O)C2c3ccccc3CCN2CC(=O)NCc2ccccc2)CC1. The van der Waals surface area contributed by atoms with Crippen molar-refractivity contribution in [3.8, 4) is 0 Å². The molecule has 1 unspecified atom stereocenters. The second-order valence-corrected chi connectivity index (χ2v) is 8.59. The van der Waals surface area contributed by atoms with Crippen molar-refractivity contribution in [3.63, 3.8) is 0 Å². The smallest absolute Gasteiger partial charge is 0.244 e. The van der Waals surface area contributed by atoms with Crippen LogP contribution >= 0.6 is 0 Å². The van der Waals surface area contributed by atoms with Gasteiger partial charge in [-0.2, -0.15) is 0 Å². The Labute approximate surface area is 179 Å². The molecule has 0 saturated carbocycles. The molecule has 1 N–H and O–H groups in total. The molecule has 5 heteroatoms. The summed E-state index contributed by atoms with van der Waals surface area (Å²) < 4.78 is 0. The first-order valence-corrected chi connectivity index (χ1v) is 11.0. The normalized spacial score (nSPS) is 19.9. The molecule has 2 aromatic carbocycles. The molecule has 158 valence electrons. The number of fused-ring (bicyclic) bond motifs is 1. The fraction of sp³-hybridized carbons (Fsp3) is 0.440. The summed E-state index contributed by atoms with van der Waals surface area (Å²) >= 11 is 0. The van der Waals surface area contributed by atoms with E-state index in [1.54, 1.807) is 0 Å². The molecule has 2 aromatic rings. The van der Waals surface area contributed by atoms with E-state index >= 15 is 0 Å². The van der Waals surface area contributed by atoms with E-state index in [9.17, 15) is 9.59 Å². The Hall–Kier alpha value is -2.66. The Morgan fingerprint density at radius 2 is 1.67 bits per heavy atom. The standard InChI is InChI=1S/C25H31N3O2/c1-19-11-14-27(15-12-19)25(30)24-22-10-6-5-9-21(22)13-16-28(24)18-23(29)26-17-20-7-3-2-4-8-20/h2-10,19,24H,11-18H2,1H3,(H,26,29). The van der Waals surface area contributed by atoms with Crippen molar-refractivity contribution in [2.75, 3.05) is 26.2 Å². The van der Waals surface area contributed by atoms with Gasteiger partial charge in [-0.25, -0.2) is 0 Å². The molecule has 0 spiro atoms. The van der Waals surface area contributed by atoms with Crippen LogP contribution in [-0.4, -0.2) is 47.8 Å². The molecule has 4 rings (SSSR count). The number of rotatable bonds is 5. The summed E-state index contributed by atoms with van der Waals surface area (Å²) in [6, 6.07) is 17.7. The minimum Gasteiger partial charge on any atom is -0.351 e. The number of carbonyl (C=O) groups excluding carboxylic acids is 2. The Kier molecular flexibility index (Phi) is 6.48. The summed E-state index contributed by atoms with van der Waals surface area (Å²) in [4.78, 5) is 30.3. The summed E-state index contributed by atoms with van der Waals surface area (Å²) in [5.74, 6) is 0.778. The minimum absolute atomic E-state index is 0.0386. The van der Waals surface area contributed by atoms with Gasteiger partial charge in [-0.15, -0.1) is 0 Å². The van der Waals surface area contributed by atoms with Gasteiger partial charge in [0.25, 0.3) is 0 Å².